The van der Waals surface area contributed by atoms with E-state index in [9.17, 15) is 18.7 Å². The lowest BCUT2D eigenvalue weighted by Crippen LogP contribution is -2.49. The Balaban J connectivity index is 1.23. The molecule has 1 saturated heterocycles. The first kappa shape index (κ1) is 19.6. The van der Waals surface area contributed by atoms with E-state index < -0.39 is 17.7 Å². The minimum absolute atomic E-state index is 0.0281. The van der Waals surface area contributed by atoms with Gasteiger partial charge in [0.15, 0.2) is 11.6 Å². The van der Waals surface area contributed by atoms with Crippen molar-refractivity contribution in [1.29, 1.82) is 0 Å². The van der Waals surface area contributed by atoms with E-state index in [1.807, 2.05) is 11.0 Å². The summed E-state index contributed by atoms with van der Waals surface area (Å²) in [6.45, 7) is 3.39. The Kier molecular flexibility index (Phi) is 5.64. The van der Waals surface area contributed by atoms with E-state index in [-0.39, 0.29) is 12.5 Å². The number of anilines is 2. The molecule has 4 rings (SSSR count). The molecule has 2 heterocycles. The second kappa shape index (κ2) is 8.34. The average molecular weight is 403 g/mol. The number of halogens is 2. The number of carbonyl (C=O) groups is 1. The lowest BCUT2D eigenvalue weighted by atomic mass is 10.1. The van der Waals surface area contributed by atoms with Gasteiger partial charge in [-0.1, -0.05) is 0 Å². The molecule has 0 radical (unpaired) electrons. The molecule has 8 heteroatoms. The van der Waals surface area contributed by atoms with Gasteiger partial charge in [0.05, 0.1) is 6.42 Å². The molecule has 2 aromatic carbocycles. The van der Waals surface area contributed by atoms with Gasteiger partial charge in [0.1, 0.15) is 18.5 Å². The molecule has 0 saturated carbocycles. The van der Waals surface area contributed by atoms with Gasteiger partial charge in [0.2, 0.25) is 5.91 Å². The van der Waals surface area contributed by atoms with Gasteiger partial charge in [-0.25, -0.2) is 8.78 Å². The normalized spacial score (nSPS) is 17.8. The van der Waals surface area contributed by atoms with Crippen LogP contribution in [-0.2, 0) is 11.2 Å². The van der Waals surface area contributed by atoms with Crippen LogP contribution in [0.15, 0.2) is 36.4 Å². The number of nitrogens with one attached hydrogen (secondary N) is 1. The summed E-state index contributed by atoms with van der Waals surface area (Å²) in [5, 5.41) is 13.1. The fraction of sp³-hybridized carbons (Fsp3) is 0.381. The fourth-order valence-electron chi connectivity index (χ4n) is 3.71. The number of benzene rings is 2. The molecule has 2 aliphatic heterocycles. The predicted octanol–water partition coefficient (Wildman–Crippen LogP) is 2.02. The molecule has 0 aliphatic carbocycles. The van der Waals surface area contributed by atoms with Crippen LogP contribution in [0.3, 0.4) is 0 Å². The standard InChI is InChI=1S/C21H23F2N3O3/c22-18-3-1-15(11-19(18)23)26-7-5-25(6-8-26)12-16(27)13-29-17-2-4-20-14(9-17)10-21(28)24-20/h1-4,9,11,16,27H,5-8,10,12-13H2,(H,24,28)/t16-/m0/s1. The Bertz CT molecular complexity index is 901. The highest BCUT2D eigenvalue weighted by molar-refractivity contribution is 5.99. The maximum atomic E-state index is 13.4. The topological polar surface area (TPSA) is 65.0 Å². The van der Waals surface area contributed by atoms with Gasteiger partial charge in [-0.3, -0.25) is 9.69 Å². The molecule has 6 nitrogen and oxygen atoms in total. The van der Waals surface area contributed by atoms with Crippen LogP contribution >= 0.6 is 0 Å². The molecule has 2 aromatic rings. The van der Waals surface area contributed by atoms with Gasteiger partial charge in [0.25, 0.3) is 0 Å². The first-order valence-corrected chi connectivity index (χ1v) is 9.64. The Morgan fingerprint density at radius 1 is 1.07 bits per heavy atom. The van der Waals surface area contributed by atoms with E-state index in [0.29, 0.717) is 50.6 Å². The number of hydrogen-bond donors (Lipinski definition) is 2. The van der Waals surface area contributed by atoms with E-state index in [0.717, 1.165) is 17.3 Å². The minimum atomic E-state index is -0.846. The van der Waals surface area contributed by atoms with E-state index in [2.05, 4.69) is 10.2 Å². The number of piperazine rings is 1. The molecule has 1 amide bonds. The first-order valence-electron chi connectivity index (χ1n) is 9.64. The van der Waals surface area contributed by atoms with Crippen molar-refractivity contribution < 1.29 is 23.4 Å². The van der Waals surface area contributed by atoms with Crippen molar-refractivity contribution in [2.75, 3.05) is 49.5 Å². The van der Waals surface area contributed by atoms with Crippen molar-refractivity contribution >= 4 is 17.3 Å². The average Bonchev–Trinajstić information content (AvgIpc) is 3.08. The molecule has 154 valence electrons. The van der Waals surface area contributed by atoms with Crippen molar-refractivity contribution in [3.63, 3.8) is 0 Å². The summed E-state index contributed by atoms with van der Waals surface area (Å²) in [6.07, 6.45) is -0.310. The van der Waals surface area contributed by atoms with Gasteiger partial charge >= 0.3 is 0 Å². The number of aliphatic hydroxyl groups is 1. The van der Waals surface area contributed by atoms with E-state index >= 15 is 0 Å². The molecule has 1 fully saturated rings. The van der Waals surface area contributed by atoms with E-state index in [1.54, 1.807) is 18.2 Å². The van der Waals surface area contributed by atoms with Crippen molar-refractivity contribution in [3.05, 3.63) is 53.6 Å². The Hall–Kier alpha value is -2.71. The van der Waals surface area contributed by atoms with Crippen molar-refractivity contribution in [2.45, 2.75) is 12.5 Å². The largest absolute Gasteiger partial charge is 0.491 e. The molecule has 0 unspecified atom stereocenters. The summed E-state index contributed by atoms with van der Waals surface area (Å²) in [7, 11) is 0. The molecule has 0 aromatic heterocycles. The predicted molar refractivity (Wildman–Crippen MR) is 105 cm³/mol. The van der Waals surface area contributed by atoms with Crippen LogP contribution in [0.4, 0.5) is 20.2 Å². The van der Waals surface area contributed by atoms with Gasteiger partial charge in [-0.15, -0.1) is 0 Å². The minimum Gasteiger partial charge on any atom is -0.491 e. The Labute approximate surface area is 167 Å². The lowest BCUT2D eigenvalue weighted by molar-refractivity contribution is -0.115. The Morgan fingerprint density at radius 3 is 2.62 bits per heavy atom. The van der Waals surface area contributed by atoms with Crippen LogP contribution < -0.4 is 15.0 Å². The fourth-order valence-corrected chi connectivity index (χ4v) is 3.71. The zero-order chi connectivity index (χ0) is 20.4. The van der Waals surface area contributed by atoms with Gasteiger partial charge in [0, 0.05) is 50.2 Å². The third-order valence-electron chi connectivity index (χ3n) is 5.25. The molecular weight excluding hydrogens is 380 g/mol. The van der Waals surface area contributed by atoms with Crippen LogP contribution in [0.2, 0.25) is 0 Å². The zero-order valence-electron chi connectivity index (χ0n) is 15.9. The second-order valence-electron chi connectivity index (χ2n) is 7.39. The number of nitrogens with zero attached hydrogens (tertiary/aromatic N) is 2. The highest BCUT2D eigenvalue weighted by Gasteiger charge is 2.21. The quantitative estimate of drug-likeness (QED) is 0.773. The number of hydrogen-bond acceptors (Lipinski definition) is 5. The van der Waals surface area contributed by atoms with Crippen molar-refractivity contribution in [2.24, 2.45) is 0 Å². The smallest absolute Gasteiger partial charge is 0.228 e. The summed E-state index contributed by atoms with van der Waals surface area (Å²) in [5.74, 6) is -1.09. The Morgan fingerprint density at radius 2 is 1.86 bits per heavy atom. The maximum absolute atomic E-state index is 13.4. The summed E-state index contributed by atoms with van der Waals surface area (Å²) in [5.41, 5.74) is 2.37. The van der Waals surface area contributed by atoms with E-state index in [4.69, 9.17) is 4.74 Å². The molecule has 29 heavy (non-hydrogen) atoms. The number of amides is 1. The summed E-state index contributed by atoms with van der Waals surface area (Å²) in [4.78, 5) is 15.5. The van der Waals surface area contributed by atoms with Crippen LogP contribution in [-0.4, -0.2) is 61.3 Å². The van der Waals surface area contributed by atoms with E-state index in [1.165, 1.54) is 6.07 Å². The highest BCUT2D eigenvalue weighted by Crippen LogP contribution is 2.27. The second-order valence-corrected chi connectivity index (χ2v) is 7.39. The van der Waals surface area contributed by atoms with Crippen LogP contribution in [0, 0.1) is 11.6 Å². The van der Waals surface area contributed by atoms with Crippen molar-refractivity contribution in [1.82, 2.24) is 4.90 Å². The number of rotatable bonds is 6. The monoisotopic (exact) mass is 403 g/mol. The van der Waals surface area contributed by atoms with Gasteiger partial charge < -0.3 is 20.1 Å². The van der Waals surface area contributed by atoms with Crippen molar-refractivity contribution in [3.8, 4) is 5.75 Å². The number of fused-ring (bicyclic) bond motifs is 1. The first-order chi connectivity index (χ1) is 14.0. The highest BCUT2D eigenvalue weighted by atomic mass is 19.2. The molecular formula is C21H23F2N3O3. The van der Waals surface area contributed by atoms with Crippen LogP contribution in [0.25, 0.3) is 0 Å². The summed E-state index contributed by atoms with van der Waals surface area (Å²) in [6, 6.07) is 9.34. The summed E-state index contributed by atoms with van der Waals surface area (Å²) < 4.78 is 32.2. The molecule has 0 spiro atoms. The molecule has 0 bridgehead atoms. The maximum Gasteiger partial charge on any atom is 0.228 e. The third-order valence-corrected chi connectivity index (χ3v) is 5.25. The number of aliphatic hydroxyl groups excluding tert-OH is 1. The SMILES string of the molecule is O=C1Cc2cc(OC[C@@H](O)CN3CCN(c4ccc(F)c(F)c4)CC3)ccc2N1. The molecule has 2 aliphatic rings. The summed E-state index contributed by atoms with van der Waals surface area (Å²) >= 11 is 0. The molecule has 2 N–H and O–H groups in total. The number of carbonyl (C=O) groups excluding carboxylic acids is 1. The number of ether oxygens (including phenoxy) is 1. The van der Waals surface area contributed by atoms with Crippen LogP contribution in [0.5, 0.6) is 5.75 Å². The third kappa shape index (κ3) is 4.65. The van der Waals surface area contributed by atoms with Gasteiger partial charge in [-0.2, -0.15) is 0 Å². The van der Waals surface area contributed by atoms with Crippen LogP contribution in [0.1, 0.15) is 5.56 Å². The van der Waals surface area contributed by atoms with Gasteiger partial charge in [-0.05, 0) is 35.9 Å². The number of β-amino-alcohol motifs (C(OH)–C–C–N with tert-alkyl or cyclic N) is 1. The lowest BCUT2D eigenvalue weighted by Gasteiger charge is -2.36. The zero-order valence-corrected chi connectivity index (χ0v) is 15.9. The molecule has 1 atom stereocenters.